The van der Waals surface area contributed by atoms with Crippen molar-refractivity contribution >= 4 is 32.6 Å². The number of aromatic nitrogens is 1. The van der Waals surface area contributed by atoms with E-state index in [-0.39, 0.29) is 5.91 Å². The summed E-state index contributed by atoms with van der Waals surface area (Å²) < 4.78 is 29.4. The van der Waals surface area contributed by atoms with E-state index >= 15 is 0 Å². The number of anilines is 1. The number of fused-ring (bicyclic) bond motifs is 1. The number of morpholine rings is 1. The molecule has 1 fully saturated rings. The summed E-state index contributed by atoms with van der Waals surface area (Å²) in [7, 11) is 1.64. The van der Waals surface area contributed by atoms with Gasteiger partial charge in [0.2, 0.25) is 5.75 Å². The Morgan fingerprint density at radius 3 is 2.34 bits per heavy atom. The first-order chi connectivity index (χ1) is 18.6. The Bertz CT molecular complexity index is 1180. The van der Waals surface area contributed by atoms with Gasteiger partial charge in [0.25, 0.3) is 5.91 Å². The summed E-state index contributed by atoms with van der Waals surface area (Å²) in [6, 6.07) is 9.23. The molecule has 38 heavy (non-hydrogen) atoms. The highest BCUT2D eigenvalue weighted by atomic mass is 32.1. The molecule has 4 rings (SSSR count). The van der Waals surface area contributed by atoms with Gasteiger partial charge in [-0.1, -0.05) is 11.3 Å². The number of thiazole rings is 1. The molecular weight excluding hydrogens is 506 g/mol. The Balaban J connectivity index is 1.68. The maximum absolute atomic E-state index is 14.1. The predicted octanol–water partition coefficient (Wildman–Crippen LogP) is 4.87. The summed E-state index contributed by atoms with van der Waals surface area (Å²) in [5.74, 6) is 2.09. The second kappa shape index (κ2) is 13.6. The molecule has 0 saturated carbocycles. The largest absolute Gasteiger partial charge is 0.497 e. The molecule has 9 nitrogen and oxygen atoms in total. The van der Waals surface area contributed by atoms with E-state index in [0.29, 0.717) is 54.3 Å². The average Bonchev–Trinajstić information content (AvgIpc) is 3.36. The number of hydrogen-bond acceptors (Lipinski definition) is 9. The van der Waals surface area contributed by atoms with Gasteiger partial charge in [-0.25, -0.2) is 4.98 Å². The van der Waals surface area contributed by atoms with Gasteiger partial charge >= 0.3 is 0 Å². The lowest BCUT2D eigenvalue weighted by molar-refractivity contribution is 0.0376. The van der Waals surface area contributed by atoms with Crippen LogP contribution in [0.15, 0.2) is 30.3 Å². The van der Waals surface area contributed by atoms with Gasteiger partial charge < -0.3 is 23.7 Å². The normalized spacial score (nSPS) is 13.9. The molecule has 1 saturated heterocycles. The predicted molar refractivity (Wildman–Crippen MR) is 150 cm³/mol. The first-order valence-corrected chi connectivity index (χ1v) is 14.0. The fourth-order valence-electron chi connectivity index (χ4n) is 4.36. The second-order valence-corrected chi connectivity index (χ2v) is 9.70. The van der Waals surface area contributed by atoms with E-state index in [1.165, 1.54) is 11.3 Å². The van der Waals surface area contributed by atoms with Crippen LogP contribution in [0.3, 0.4) is 0 Å². The number of rotatable bonds is 13. The number of ether oxygens (including phenoxy) is 5. The molecule has 0 radical (unpaired) electrons. The molecule has 10 heteroatoms. The van der Waals surface area contributed by atoms with Crippen molar-refractivity contribution in [2.75, 3.05) is 71.2 Å². The number of benzene rings is 2. The van der Waals surface area contributed by atoms with Crippen molar-refractivity contribution in [2.45, 2.75) is 27.2 Å². The molecule has 1 amide bonds. The van der Waals surface area contributed by atoms with Crippen LogP contribution in [0.25, 0.3) is 10.2 Å². The van der Waals surface area contributed by atoms with Crippen LogP contribution >= 0.6 is 11.3 Å². The maximum atomic E-state index is 14.1. The Labute approximate surface area is 228 Å². The van der Waals surface area contributed by atoms with E-state index in [9.17, 15) is 4.79 Å². The third kappa shape index (κ3) is 6.67. The van der Waals surface area contributed by atoms with Gasteiger partial charge in [0, 0.05) is 31.7 Å². The Kier molecular flexibility index (Phi) is 10.0. The smallest absolute Gasteiger partial charge is 0.260 e. The van der Waals surface area contributed by atoms with Gasteiger partial charge in [-0.15, -0.1) is 0 Å². The fraction of sp³-hybridized carbons (Fsp3) is 0.500. The monoisotopic (exact) mass is 543 g/mol. The number of methoxy groups -OCH3 is 1. The minimum absolute atomic E-state index is 0.164. The summed E-state index contributed by atoms with van der Waals surface area (Å²) >= 11 is 1.48. The quantitative estimate of drug-likeness (QED) is 0.302. The van der Waals surface area contributed by atoms with Gasteiger partial charge in [0.05, 0.1) is 50.4 Å². The lowest BCUT2D eigenvalue weighted by Crippen LogP contribution is -2.39. The van der Waals surface area contributed by atoms with Crippen molar-refractivity contribution in [3.63, 3.8) is 0 Å². The number of carbonyl (C=O) groups excluding carboxylic acids is 1. The summed E-state index contributed by atoms with van der Waals surface area (Å²) in [5.41, 5.74) is 1.29. The van der Waals surface area contributed by atoms with E-state index in [2.05, 4.69) is 4.90 Å². The number of hydrogen-bond donors (Lipinski definition) is 0. The number of amides is 1. The topological polar surface area (TPSA) is 82.6 Å². The van der Waals surface area contributed by atoms with Gasteiger partial charge in [0.1, 0.15) is 5.75 Å². The van der Waals surface area contributed by atoms with Crippen LogP contribution in [0, 0.1) is 0 Å². The lowest BCUT2D eigenvalue weighted by atomic mass is 10.1. The van der Waals surface area contributed by atoms with E-state index in [1.54, 1.807) is 24.1 Å². The molecule has 0 bridgehead atoms. The molecule has 0 atom stereocenters. The third-order valence-corrected chi connectivity index (χ3v) is 7.22. The van der Waals surface area contributed by atoms with Crippen LogP contribution in [0.1, 0.15) is 37.6 Å². The van der Waals surface area contributed by atoms with Crippen LogP contribution in [0.5, 0.6) is 23.0 Å². The minimum Gasteiger partial charge on any atom is -0.497 e. The standard InChI is InChI=1S/C28H37N3O6S/c1-5-35-23-17-20(18-24(36-6-2)26(23)37-7-3)27(32)31(12-8-11-30-13-15-34-16-14-30)28-29-22-10-9-21(33-4)19-25(22)38-28/h9-10,17-19H,5-8,11-16H2,1-4H3. The zero-order valence-corrected chi connectivity index (χ0v) is 23.5. The van der Waals surface area contributed by atoms with Crippen LogP contribution in [-0.4, -0.2) is 82.1 Å². The fourth-order valence-corrected chi connectivity index (χ4v) is 5.38. The highest BCUT2D eigenvalue weighted by Crippen LogP contribution is 2.40. The SMILES string of the molecule is CCOc1cc(C(=O)N(CCCN2CCOCC2)c2nc3ccc(OC)cc3s2)cc(OCC)c1OCC. The minimum atomic E-state index is -0.164. The van der Waals surface area contributed by atoms with Crippen molar-refractivity contribution in [1.82, 2.24) is 9.88 Å². The van der Waals surface area contributed by atoms with E-state index in [4.69, 9.17) is 28.7 Å². The average molecular weight is 544 g/mol. The molecule has 2 aromatic carbocycles. The highest BCUT2D eigenvalue weighted by Gasteiger charge is 2.25. The van der Waals surface area contributed by atoms with Crippen molar-refractivity contribution < 1.29 is 28.5 Å². The Hall–Kier alpha value is -3.08. The van der Waals surface area contributed by atoms with Crippen LogP contribution in [0.4, 0.5) is 5.13 Å². The second-order valence-electron chi connectivity index (χ2n) is 8.70. The molecule has 206 valence electrons. The molecule has 3 aromatic rings. The van der Waals surface area contributed by atoms with E-state index in [1.807, 2.05) is 39.0 Å². The highest BCUT2D eigenvalue weighted by molar-refractivity contribution is 7.22. The summed E-state index contributed by atoms with van der Waals surface area (Å²) in [4.78, 5) is 23.0. The summed E-state index contributed by atoms with van der Waals surface area (Å²) in [6.07, 6.45) is 0.804. The maximum Gasteiger partial charge on any atom is 0.260 e. The summed E-state index contributed by atoms with van der Waals surface area (Å²) in [5, 5.41) is 0.644. The Morgan fingerprint density at radius 2 is 1.71 bits per heavy atom. The third-order valence-electron chi connectivity index (χ3n) is 6.18. The lowest BCUT2D eigenvalue weighted by Gasteiger charge is -2.28. The molecule has 0 N–H and O–H groups in total. The Morgan fingerprint density at radius 1 is 1.03 bits per heavy atom. The molecule has 0 spiro atoms. The number of nitrogens with zero attached hydrogens (tertiary/aromatic N) is 3. The number of carbonyl (C=O) groups is 1. The summed E-state index contributed by atoms with van der Waals surface area (Å²) in [6.45, 7) is 11.7. The molecular formula is C28H37N3O6S. The molecule has 1 aliphatic rings. The van der Waals surface area contributed by atoms with Crippen LogP contribution < -0.4 is 23.8 Å². The zero-order valence-electron chi connectivity index (χ0n) is 22.7. The van der Waals surface area contributed by atoms with E-state index < -0.39 is 0 Å². The van der Waals surface area contributed by atoms with Gasteiger partial charge in [0.15, 0.2) is 16.6 Å². The van der Waals surface area contributed by atoms with Crippen LogP contribution in [-0.2, 0) is 4.74 Å². The first-order valence-electron chi connectivity index (χ1n) is 13.2. The van der Waals surface area contributed by atoms with Gasteiger partial charge in [-0.2, -0.15) is 0 Å². The molecule has 1 aromatic heterocycles. The van der Waals surface area contributed by atoms with Crippen molar-refractivity contribution in [2.24, 2.45) is 0 Å². The first kappa shape index (κ1) is 27.9. The molecule has 0 aliphatic carbocycles. The van der Waals surface area contributed by atoms with Gasteiger partial charge in [-0.3, -0.25) is 14.6 Å². The zero-order chi connectivity index (χ0) is 26.9. The van der Waals surface area contributed by atoms with Gasteiger partial charge in [-0.05, 0) is 57.5 Å². The van der Waals surface area contributed by atoms with Crippen molar-refractivity contribution in [3.8, 4) is 23.0 Å². The van der Waals surface area contributed by atoms with E-state index in [0.717, 1.165) is 55.2 Å². The van der Waals surface area contributed by atoms with Crippen molar-refractivity contribution in [3.05, 3.63) is 35.9 Å². The van der Waals surface area contributed by atoms with Crippen molar-refractivity contribution in [1.29, 1.82) is 0 Å². The molecule has 2 heterocycles. The van der Waals surface area contributed by atoms with Crippen LogP contribution in [0.2, 0.25) is 0 Å². The molecule has 0 unspecified atom stereocenters. The molecule has 1 aliphatic heterocycles.